The topological polar surface area (TPSA) is 85.8 Å². The number of ether oxygens (including phenoxy) is 2. The van der Waals surface area contributed by atoms with E-state index < -0.39 is 9.84 Å². The van der Waals surface area contributed by atoms with Gasteiger partial charge < -0.3 is 14.4 Å². The van der Waals surface area contributed by atoms with Gasteiger partial charge in [0, 0.05) is 31.6 Å². The molecule has 2 bridgehead atoms. The third-order valence-electron chi connectivity index (χ3n) is 4.76. The molecule has 1 aliphatic carbocycles. The Morgan fingerprint density at radius 3 is 2.84 bits per heavy atom. The molecule has 2 aliphatic rings. The predicted octanol–water partition coefficient (Wildman–Crippen LogP) is 0.791. The molecule has 7 nitrogen and oxygen atoms in total. The standard InChI is InChI=1S/C17H24N2O5S/c1-25(21,22)11-6-16(20)19-9-10-23-15-3-2-14(19)17(15)24-12-13-4-7-18-8-5-13/h4-5,7-8,14-15,17H,2-3,6,9-12H2,1H3/t14-,15-,17+/m0/s1. The first-order valence-corrected chi connectivity index (χ1v) is 10.6. The number of hydrogen-bond acceptors (Lipinski definition) is 6. The molecule has 138 valence electrons. The van der Waals surface area contributed by atoms with E-state index >= 15 is 0 Å². The van der Waals surface area contributed by atoms with Crippen molar-refractivity contribution in [2.45, 2.75) is 44.1 Å². The number of carbonyl (C=O) groups excluding carboxylic acids is 1. The lowest BCUT2D eigenvalue weighted by Crippen LogP contribution is -2.46. The van der Waals surface area contributed by atoms with Crippen LogP contribution >= 0.6 is 0 Å². The van der Waals surface area contributed by atoms with Crippen LogP contribution in [0.4, 0.5) is 0 Å². The van der Waals surface area contributed by atoms with Gasteiger partial charge in [0.05, 0.1) is 31.1 Å². The number of amides is 1. The Balaban J connectivity index is 1.66. The number of carbonyl (C=O) groups is 1. The number of hydrogen-bond donors (Lipinski definition) is 0. The van der Waals surface area contributed by atoms with E-state index in [9.17, 15) is 13.2 Å². The first kappa shape index (κ1) is 18.3. The second kappa shape index (κ2) is 7.80. The lowest BCUT2D eigenvalue weighted by atomic mass is 10.1. The van der Waals surface area contributed by atoms with E-state index in [1.165, 1.54) is 0 Å². The maximum Gasteiger partial charge on any atom is 0.224 e. The van der Waals surface area contributed by atoms with Gasteiger partial charge in [-0.3, -0.25) is 9.78 Å². The van der Waals surface area contributed by atoms with Crippen molar-refractivity contribution in [2.75, 3.05) is 25.2 Å². The molecule has 3 atom stereocenters. The van der Waals surface area contributed by atoms with Gasteiger partial charge in [-0.15, -0.1) is 0 Å². The minimum absolute atomic E-state index is 0.0110. The van der Waals surface area contributed by atoms with Gasteiger partial charge in [0.2, 0.25) is 5.91 Å². The third kappa shape index (κ3) is 4.77. The van der Waals surface area contributed by atoms with Crippen LogP contribution < -0.4 is 0 Å². The summed E-state index contributed by atoms with van der Waals surface area (Å²) >= 11 is 0. The van der Waals surface area contributed by atoms with Crippen LogP contribution in [0.25, 0.3) is 0 Å². The summed E-state index contributed by atoms with van der Waals surface area (Å²) < 4.78 is 34.7. The van der Waals surface area contributed by atoms with E-state index in [-0.39, 0.29) is 36.3 Å². The number of rotatable bonds is 6. The molecule has 2 fully saturated rings. The maximum atomic E-state index is 12.5. The van der Waals surface area contributed by atoms with Crippen molar-refractivity contribution >= 4 is 15.7 Å². The molecular formula is C17H24N2O5S. The van der Waals surface area contributed by atoms with E-state index in [1.54, 1.807) is 17.3 Å². The fourth-order valence-corrected chi connectivity index (χ4v) is 4.05. The summed E-state index contributed by atoms with van der Waals surface area (Å²) in [5.74, 6) is -0.263. The van der Waals surface area contributed by atoms with Crippen LogP contribution in [0.2, 0.25) is 0 Å². The van der Waals surface area contributed by atoms with Gasteiger partial charge in [0.25, 0.3) is 0 Å². The Morgan fingerprint density at radius 1 is 1.36 bits per heavy atom. The van der Waals surface area contributed by atoms with Crippen molar-refractivity contribution in [1.82, 2.24) is 9.88 Å². The highest BCUT2D eigenvalue weighted by Crippen LogP contribution is 2.33. The minimum atomic E-state index is -3.16. The molecule has 1 aromatic heterocycles. The minimum Gasteiger partial charge on any atom is -0.374 e. The van der Waals surface area contributed by atoms with Crippen molar-refractivity contribution in [2.24, 2.45) is 0 Å². The lowest BCUT2D eigenvalue weighted by Gasteiger charge is -2.31. The van der Waals surface area contributed by atoms with Gasteiger partial charge in [-0.05, 0) is 30.5 Å². The maximum absolute atomic E-state index is 12.5. The van der Waals surface area contributed by atoms with Crippen molar-refractivity contribution in [3.8, 4) is 0 Å². The number of pyridine rings is 1. The molecule has 0 unspecified atom stereocenters. The van der Waals surface area contributed by atoms with Crippen LogP contribution in [-0.2, 0) is 30.7 Å². The summed E-state index contributed by atoms with van der Waals surface area (Å²) in [5.41, 5.74) is 1.02. The molecule has 3 rings (SSSR count). The molecule has 0 aromatic carbocycles. The zero-order valence-electron chi connectivity index (χ0n) is 14.3. The lowest BCUT2D eigenvalue weighted by molar-refractivity contribution is -0.135. The highest BCUT2D eigenvalue weighted by Gasteiger charge is 2.44. The van der Waals surface area contributed by atoms with E-state index in [0.717, 1.165) is 24.7 Å². The summed E-state index contributed by atoms with van der Waals surface area (Å²) in [6.45, 7) is 1.38. The second-order valence-corrected chi connectivity index (χ2v) is 8.91. The van der Waals surface area contributed by atoms with Gasteiger partial charge in [-0.25, -0.2) is 8.42 Å². The molecule has 8 heteroatoms. The molecule has 2 heterocycles. The zero-order valence-corrected chi connectivity index (χ0v) is 15.2. The average molecular weight is 368 g/mol. The van der Waals surface area contributed by atoms with Crippen LogP contribution in [0, 0.1) is 0 Å². The Bertz CT molecular complexity index is 694. The number of fused-ring (bicyclic) bond motifs is 2. The summed E-state index contributed by atoms with van der Waals surface area (Å²) in [4.78, 5) is 18.3. The second-order valence-electron chi connectivity index (χ2n) is 6.65. The Kier molecular flexibility index (Phi) is 5.71. The SMILES string of the molecule is CS(=O)(=O)CCC(=O)N1CCO[C@H]2CC[C@H]1[C@H]2OCc1ccncc1. The van der Waals surface area contributed by atoms with E-state index in [4.69, 9.17) is 9.47 Å². The van der Waals surface area contributed by atoms with Crippen LogP contribution in [-0.4, -0.2) is 67.6 Å². The number of aromatic nitrogens is 1. The smallest absolute Gasteiger partial charge is 0.224 e. The Labute approximate surface area is 148 Å². The monoisotopic (exact) mass is 368 g/mol. The zero-order chi connectivity index (χ0) is 17.9. The van der Waals surface area contributed by atoms with Crippen LogP contribution in [0.1, 0.15) is 24.8 Å². The summed E-state index contributed by atoms with van der Waals surface area (Å²) in [6, 6.07) is 3.74. The van der Waals surface area contributed by atoms with Gasteiger partial charge in [0.15, 0.2) is 0 Å². The number of nitrogens with zero attached hydrogens (tertiary/aromatic N) is 2. The van der Waals surface area contributed by atoms with Crippen molar-refractivity contribution in [3.05, 3.63) is 30.1 Å². The summed E-state index contributed by atoms with van der Waals surface area (Å²) in [7, 11) is -3.16. The first-order valence-electron chi connectivity index (χ1n) is 8.53. The van der Waals surface area contributed by atoms with Crippen molar-refractivity contribution < 1.29 is 22.7 Å². The summed E-state index contributed by atoms with van der Waals surface area (Å²) in [6.07, 6.45) is 6.07. The molecule has 1 aromatic rings. The van der Waals surface area contributed by atoms with E-state index in [0.29, 0.717) is 19.8 Å². The molecule has 0 radical (unpaired) electrons. The summed E-state index contributed by atoms with van der Waals surface area (Å²) in [5, 5.41) is 0. The normalized spacial score (nSPS) is 26.4. The van der Waals surface area contributed by atoms with Crippen LogP contribution in [0.15, 0.2) is 24.5 Å². The molecule has 1 saturated heterocycles. The van der Waals surface area contributed by atoms with E-state index in [2.05, 4.69) is 4.98 Å². The largest absolute Gasteiger partial charge is 0.374 e. The number of sulfone groups is 1. The quantitative estimate of drug-likeness (QED) is 0.738. The fourth-order valence-electron chi connectivity index (χ4n) is 3.51. The van der Waals surface area contributed by atoms with Crippen LogP contribution in [0.5, 0.6) is 0 Å². The van der Waals surface area contributed by atoms with Gasteiger partial charge >= 0.3 is 0 Å². The third-order valence-corrected chi connectivity index (χ3v) is 5.70. The Hall–Kier alpha value is -1.51. The fraction of sp³-hybridized carbons (Fsp3) is 0.647. The van der Waals surface area contributed by atoms with E-state index in [1.807, 2.05) is 12.1 Å². The van der Waals surface area contributed by atoms with Crippen molar-refractivity contribution in [1.29, 1.82) is 0 Å². The van der Waals surface area contributed by atoms with Crippen LogP contribution in [0.3, 0.4) is 0 Å². The Morgan fingerprint density at radius 2 is 2.12 bits per heavy atom. The molecule has 0 N–H and O–H groups in total. The highest BCUT2D eigenvalue weighted by molar-refractivity contribution is 7.90. The average Bonchev–Trinajstić information content (AvgIpc) is 2.86. The molecular weight excluding hydrogens is 344 g/mol. The van der Waals surface area contributed by atoms with Gasteiger partial charge in [-0.2, -0.15) is 0 Å². The van der Waals surface area contributed by atoms with Crippen molar-refractivity contribution in [3.63, 3.8) is 0 Å². The van der Waals surface area contributed by atoms with Gasteiger partial charge in [-0.1, -0.05) is 0 Å². The molecule has 0 spiro atoms. The molecule has 1 saturated carbocycles. The highest BCUT2D eigenvalue weighted by atomic mass is 32.2. The predicted molar refractivity (Wildman–Crippen MR) is 91.6 cm³/mol. The first-order chi connectivity index (χ1) is 11.9. The molecule has 1 aliphatic heterocycles. The van der Waals surface area contributed by atoms with Gasteiger partial charge in [0.1, 0.15) is 15.9 Å². The molecule has 25 heavy (non-hydrogen) atoms. The molecule has 1 amide bonds.